The van der Waals surface area contributed by atoms with Gasteiger partial charge in [-0.3, -0.25) is 9.48 Å². The summed E-state index contributed by atoms with van der Waals surface area (Å²) in [4.78, 5) is 36.3. The molecule has 9 heteroatoms. The number of carbonyl (C=O) groups is 3. The van der Waals surface area contributed by atoms with Gasteiger partial charge >= 0.3 is 12.1 Å². The number of rotatable bonds is 8. The average Bonchev–Trinajstić information content (AvgIpc) is 3.37. The van der Waals surface area contributed by atoms with E-state index in [1.54, 1.807) is 14.0 Å². The number of nitrogens with zero attached hydrogens (tertiary/aromatic N) is 2. The third kappa shape index (κ3) is 4.50. The van der Waals surface area contributed by atoms with E-state index in [1.807, 2.05) is 36.4 Å². The molecule has 3 N–H and O–H groups in total. The van der Waals surface area contributed by atoms with Crippen molar-refractivity contribution < 1.29 is 24.2 Å². The number of amides is 2. The van der Waals surface area contributed by atoms with Gasteiger partial charge in [0.1, 0.15) is 18.3 Å². The lowest BCUT2D eigenvalue weighted by Gasteiger charge is -2.15. The van der Waals surface area contributed by atoms with Crippen molar-refractivity contribution in [3.05, 3.63) is 77.1 Å². The molecule has 0 bridgehead atoms. The Morgan fingerprint density at radius 1 is 1.09 bits per heavy atom. The fraction of sp³-hybridized carbons (Fsp3) is 0.280. The van der Waals surface area contributed by atoms with Crippen LogP contribution in [0, 0.1) is 0 Å². The molecular formula is C25H26N4O5. The summed E-state index contributed by atoms with van der Waals surface area (Å²) in [5, 5.41) is 18.4. The largest absolute Gasteiger partial charge is 0.480 e. The lowest BCUT2D eigenvalue weighted by molar-refractivity contribution is -0.139. The van der Waals surface area contributed by atoms with Crippen LogP contribution in [0.5, 0.6) is 0 Å². The van der Waals surface area contributed by atoms with Crippen molar-refractivity contribution in [1.29, 1.82) is 0 Å². The quantitative estimate of drug-likeness (QED) is 0.473. The molecular weight excluding hydrogens is 436 g/mol. The molecule has 0 saturated heterocycles. The monoisotopic (exact) mass is 462 g/mol. The Hall–Kier alpha value is -4.14. The van der Waals surface area contributed by atoms with E-state index in [0.29, 0.717) is 5.56 Å². The molecule has 3 aromatic rings. The number of benzene rings is 2. The maximum absolute atomic E-state index is 12.6. The number of hydrogen-bond donors (Lipinski definition) is 3. The first kappa shape index (κ1) is 23.0. The van der Waals surface area contributed by atoms with Gasteiger partial charge in [-0.1, -0.05) is 55.5 Å². The van der Waals surface area contributed by atoms with Crippen molar-refractivity contribution in [1.82, 2.24) is 20.4 Å². The Balaban J connectivity index is 1.39. The summed E-state index contributed by atoms with van der Waals surface area (Å²) in [5.41, 5.74) is 5.15. The van der Waals surface area contributed by atoms with Crippen LogP contribution in [0.15, 0.2) is 54.7 Å². The number of ether oxygens (including phenoxy) is 1. The van der Waals surface area contributed by atoms with Crippen LogP contribution in [0.3, 0.4) is 0 Å². The van der Waals surface area contributed by atoms with Crippen molar-refractivity contribution in [2.75, 3.05) is 6.61 Å². The number of carboxylic acid groups (broad SMARTS) is 1. The molecule has 0 saturated carbocycles. The van der Waals surface area contributed by atoms with E-state index in [2.05, 4.69) is 27.9 Å². The van der Waals surface area contributed by atoms with Gasteiger partial charge in [-0.2, -0.15) is 5.10 Å². The number of aliphatic carboxylic acids is 1. The SMILES string of the molecule is CCC(NC(=O)c1c(CNC(=O)OCC2c3ccccc3-c3ccccc32)cnn1C)C(=O)O. The molecule has 34 heavy (non-hydrogen) atoms. The molecule has 1 aliphatic rings. The maximum Gasteiger partial charge on any atom is 0.407 e. The first-order valence-electron chi connectivity index (χ1n) is 11.0. The van der Waals surface area contributed by atoms with Crippen LogP contribution in [0.25, 0.3) is 11.1 Å². The molecule has 2 amide bonds. The second kappa shape index (κ2) is 9.78. The number of aryl methyl sites for hydroxylation is 1. The molecule has 1 heterocycles. The molecule has 0 spiro atoms. The van der Waals surface area contributed by atoms with Gasteiger partial charge in [0, 0.05) is 18.5 Å². The third-order valence-electron chi connectivity index (χ3n) is 6.01. The lowest BCUT2D eigenvalue weighted by Crippen LogP contribution is -2.41. The molecule has 9 nitrogen and oxygen atoms in total. The smallest absolute Gasteiger partial charge is 0.407 e. The van der Waals surface area contributed by atoms with Crippen LogP contribution in [-0.4, -0.2) is 45.5 Å². The van der Waals surface area contributed by atoms with Crippen molar-refractivity contribution in [2.24, 2.45) is 7.05 Å². The van der Waals surface area contributed by atoms with Gasteiger partial charge in [0.15, 0.2) is 0 Å². The summed E-state index contributed by atoms with van der Waals surface area (Å²) in [5.74, 6) is -1.74. The Morgan fingerprint density at radius 2 is 1.71 bits per heavy atom. The minimum atomic E-state index is -1.11. The molecule has 0 radical (unpaired) electrons. The highest BCUT2D eigenvalue weighted by Gasteiger charge is 2.29. The van der Waals surface area contributed by atoms with Gasteiger partial charge in [-0.15, -0.1) is 0 Å². The zero-order valence-electron chi connectivity index (χ0n) is 18.9. The van der Waals surface area contributed by atoms with Gasteiger partial charge in [0.2, 0.25) is 0 Å². The molecule has 1 aromatic heterocycles. The fourth-order valence-electron chi connectivity index (χ4n) is 4.29. The van der Waals surface area contributed by atoms with E-state index in [-0.39, 0.29) is 31.2 Å². The van der Waals surface area contributed by atoms with Crippen LogP contribution >= 0.6 is 0 Å². The summed E-state index contributed by atoms with van der Waals surface area (Å²) >= 11 is 0. The molecule has 4 rings (SSSR count). The minimum Gasteiger partial charge on any atom is -0.480 e. The fourth-order valence-corrected chi connectivity index (χ4v) is 4.29. The van der Waals surface area contributed by atoms with Crippen LogP contribution in [0.4, 0.5) is 4.79 Å². The molecule has 176 valence electrons. The normalized spacial score (nSPS) is 13.0. The zero-order chi connectivity index (χ0) is 24.2. The predicted molar refractivity (Wildman–Crippen MR) is 124 cm³/mol. The molecule has 1 unspecified atom stereocenters. The maximum atomic E-state index is 12.6. The second-order valence-corrected chi connectivity index (χ2v) is 8.09. The van der Waals surface area contributed by atoms with Crippen molar-refractivity contribution in [3.8, 4) is 11.1 Å². The van der Waals surface area contributed by atoms with Gasteiger partial charge in [0.25, 0.3) is 5.91 Å². The topological polar surface area (TPSA) is 123 Å². The lowest BCUT2D eigenvalue weighted by atomic mass is 9.98. The second-order valence-electron chi connectivity index (χ2n) is 8.09. The van der Waals surface area contributed by atoms with Crippen molar-refractivity contribution >= 4 is 18.0 Å². The van der Waals surface area contributed by atoms with Crippen LogP contribution in [0.1, 0.15) is 46.4 Å². The first-order valence-corrected chi connectivity index (χ1v) is 11.0. The van der Waals surface area contributed by atoms with E-state index in [4.69, 9.17) is 4.74 Å². The Morgan fingerprint density at radius 3 is 2.29 bits per heavy atom. The summed E-state index contributed by atoms with van der Waals surface area (Å²) in [7, 11) is 1.58. The Kier molecular flexibility index (Phi) is 6.62. The zero-order valence-corrected chi connectivity index (χ0v) is 18.9. The van der Waals surface area contributed by atoms with Gasteiger partial charge in [0.05, 0.1) is 12.7 Å². The van der Waals surface area contributed by atoms with E-state index in [9.17, 15) is 19.5 Å². The number of aromatic nitrogens is 2. The standard InChI is InChI=1S/C25H26N4O5/c1-3-21(24(31)32)28-23(30)22-15(13-27-29(22)2)12-26-25(33)34-14-20-18-10-6-4-8-16(18)17-9-5-7-11-19(17)20/h4-11,13,20-21H,3,12,14H2,1-2H3,(H,26,33)(H,28,30)(H,31,32). The molecule has 0 fully saturated rings. The van der Waals surface area contributed by atoms with E-state index >= 15 is 0 Å². The molecule has 2 aromatic carbocycles. The molecule has 1 atom stereocenters. The van der Waals surface area contributed by atoms with Crippen molar-refractivity contribution in [3.63, 3.8) is 0 Å². The van der Waals surface area contributed by atoms with Crippen LogP contribution < -0.4 is 10.6 Å². The van der Waals surface area contributed by atoms with Crippen LogP contribution in [-0.2, 0) is 23.1 Å². The number of hydrogen-bond acceptors (Lipinski definition) is 5. The summed E-state index contributed by atoms with van der Waals surface area (Å²) in [6.45, 7) is 1.86. The number of carboxylic acids is 1. The highest BCUT2D eigenvalue weighted by atomic mass is 16.5. The summed E-state index contributed by atoms with van der Waals surface area (Å²) in [6, 6.07) is 15.1. The molecule has 1 aliphatic carbocycles. The van der Waals surface area contributed by atoms with E-state index in [0.717, 1.165) is 22.3 Å². The highest BCUT2D eigenvalue weighted by Crippen LogP contribution is 2.44. The van der Waals surface area contributed by atoms with Gasteiger partial charge in [-0.05, 0) is 28.7 Å². The third-order valence-corrected chi connectivity index (χ3v) is 6.01. The Labute approximate surface area is 196 Å². The first-order chi connectivity index (χ1) is 16.4. The minimum absolute atomic E-state index is 0.0110. The number of nitrogens with one attached hydrogen (secondary N) is 2. The van der Waals surface area contributed by atoms with Gasteiger partial charge in [-0.25, -0.2) is 9.59 Å². The summed E-state index contributed by atoms with van der Waals surface area (Å²) < 4.78 is 6.87. The van der Waals surface area contributed by atoms with E-state index < -0.39 is 24.0 Å². The number of alkyl carbamates (subject to hydrolysis) is 1. The van der Waals surface area contributed by atoms with Crippen LogP contribution in [0.2, 0.25) is 0 Å². The van der Waals surface area contributed by atoms with Gasteiger partial charge < -0.3 is 20.5 Å². The number of carbonyl (C=O) groups excluding carboxylic acids is 2. The predicted octanol–water partition coefficient (Wildman–Crippen LogP) is 3.05. The van der Waals surface area contributed by atoms with E-state index in [1.165, 1.54) is 10.9 Å². The average molecular weight is 463 g/mol. The summed E-state index contributed by atoms with van der Waals surface area (Å²) in [6.07, 6.45) is 1.08. The number of fused-ring (bicyclic) bond motifs is 3. The Bertz CT molecular complexity index is 1190. The van der Waals surface area contributed by atoms with Crippen molar-refractivity contribution in [2.45, 2.75) is 31.8 Å². The molecule has 0 aliphatic heterocycles. The highest BCUT2D eigenvalue weighted by molar-refractivity contribution is 5.96.